The summed E-state index contributed by atoms with van der Waals surface area (Å²) in [4.78, 5) is 39.2. The molecule has 8 nitrogen and oxygen atoms in total. The van der Waals surface area contributed by atoms with E-state index in [0.29, 0.717) is 34.1 Å². The Morgan fingerprint density at radius 1 is 0.560 bits per heavy atom. The van der Waals surface area contributed by atoms with Gasteiger partial charge < -0.3 is 23.7 Å². The number of esters is 3. The van der Waals surface area contributed by atoms with Crippen LogP contribution in [0.1, 0.15) is 61.4 Å². The van der Waals surface area contributed by atoms with Gasteiger partial charge >= 0.3 is 17.9 Å². The van der Waals surface area contributed by atoms with Crippen molar-refractivity contribution < 1.29 is 38.1 Å². The van der Waals surface area contributed by atoms with E-state index in [1.807, 2.05) is 48.5 Å². The summed E-state index contributed by atoms with van der Waals surface area (Å²) in [5.41, 5.74) is 5.19. The summed E-state index contributed by atoms with van der Waals surface area (Å²) in [5, 5.41) is 0. The fraction of sp³-hybridized carbons (Fsp3) is 0.167. The molecule has 5 aromatic rings. The first kappa shape index (κ1) is 32.4. The van der Waals surface area contributed by atoms with Gasteiger partial charge in [0.05, 0.1) is 25.3 Å². The zero-order valence-corrected chi connectivity index (χ0v) is 27.6. The molecule has 8 heteroatoms. The predicted octanol–water partition coefficient (Wildman–Crippen LogP) is 7.94. The number of hydrogen-bond acceptors (Lipinski definition) is 8. The first-order valence-corrected chi connectivity index (χ1v) is 16.3. The number of rotatable bonds is 9. The van der Waals surface area contributed by atoms with E-state index in [-0.39, 0.29) is 0 Å². The molecule has 250 valence electrons. The van der Waals surface area contributed by atoms with E-state index in [1.165, 1.54) is 6.08 Å². The smallest absolute Gasteiger partial charge is 0.343 e. The third-order valence-corrected chi connectivity index (χ3v) is 9.39. The number of carbonyl (C=O) groups excluding carboxylic acids is 3. The second-order valence-corrected chi connectivity index (χ2v) is 12.2. The number of fused-ring (bicyclic) bond motifs is 4. The van der Waals surface area contributed by atoms with E-state index < -0.39 is 23.3 Å². The molecular weight excluding hydrogens is 632 g/mol. The lowest BCUT2D eigenvalue weighted by Crippen LogP contribution is -2.24. The molecule has 0 N–H and O–H groups in total. The average molecular weight is 667 g/mol. The second kappa shape index (κ2) is 13.8. The van der Waals surface area contributed by atoms with Gasteiger partial charge in [-0.3, -0.25) is 0 Å². The summed E-state index contributed by atoms with van der Waals surface area (Å²) < 4.78 is 27.9. The van der Waals surface area contributed by atoms with Gasteiger partial charge in [-0.2, -0.15) is 0 Å². The van der Waals surface area contributed by atoms with Gasteiger partial charge in [0.15, 0.2) is 0 Å². The zero-order chi connectivity index (χ0) is 34.7. The largest absolute Gasteiger partial charge is 0.497 e. The van der Waals surface area contributed by atoms with Crippen molar-refractivity contribution in [1.82, 2.24) is 0 Å². The van der Waals surface area contributed by atoms with Gasteiger partial charge in [-0.1, -0.05) is 36.4 Å². The maximum Gasteiger partial charge on any atom is 0.343 e. The lowest BCUT2D eigenvalue weighted by atomic mass is 9.76. The molecule has 0 aliphatic heterocycles. The summed E-state index contributed by atoms with van der Waals surface area (Å²) >= 11 is 0. The average Bonchev–Trinajstić information content (AvgIpc) is 3.73. The molecule has 50 heavy (non-hydrogen) atoms. The molecule has 1 spiro atoms. The molecule has 7 rings (SSSR count). The lowest BCUT2D eigenvalue weighted by molar-refractivity contribution is -0.129. The van der Waals surface area contributed by atoms with E-state index in [2.05, 4.69) is 12.1 Å². The van der Waals surface area contributed by atoms with Crippen molar-refractivity contribution >= 4 is 24.0 Å². The molecule has 0 saturated heterocycles. The van der Waals surface area contributed by atoms with Crippen molar-refractivity contribution in [1.29, 1.82) is 0 Å². The van der Waals surface area contributed by atoms with Crippen LogP contribution in [0, 0.1) is 0 Å². The van der Waals surface area contributed by atoms with E-state index in [0.717, 1.165) is 59.3 Å². The molecule has 0 unspecified atom stereocenters. The molecule has 0 saturated carbocycles. The highest BCUT2D eigenvalue weighted by atomic mass is 16.5. The SMILES string of the molecule is COc1ccc(/C=C/C(=O)Oc2cccc3c2[C@@]2(CC3)CCc3cccc(OC(=O)c4ccc(OC(=O)c5ccc(OC)cc5)cc4)c32)cc1. The highest BCUT2D eigenvalue weighted by Crippen LogP contribution is 2.57. The van der Waals surface area contributed by atoms with Crippen LogP contribution in [0.5, 0.6) is 28.7 Å². The first-order valence-electron chi connectivity index (χ1n) is 16.3. The first-order chi connectivity index (χ1) is 24.4. The molecule has 5 aromatic carbocycles. The molecule has 2 aliphatic rings. The van der Waals surface area contributed by atoms with Crippen LogP contribution < -0.4 is 23.7 Å². The van der Waals surface area contributed by atoms with Gasteiger partial charge in [0.25, 0.3) is 0 Å². The molecule has 0 aromatic heterocycles. The van der Waals surface area contributed by atoms with E-state index in [4.69, 9.17) is 23.7 Å². The number of carbonyl (C=O) groups is 3. The Bertz CT molecular complexity index is 2090. The minimum absolute atomic E-state index is 0.297. The van der Waals surface area contributed by atoms with Crippen LogP contribution in [0.4, 0.5) is 0 Å². The molecule has 2 aliphatic carbocycles. The Morgan fingerprint density at radius 3 is 1.58 bits per heavy atom. The van der Waals surface area contributed by atoms with Crippen molar-refractivity contribution in [2.24, 2.45) is 0 Å². The molecule has 0 radical (unpaired) electrons. The van der Waals surface area contributed by atoms with Crippen LogP contribution in [-0.4, -0.2) is 32.1 Å². The van der Waals surface area contributed by atoms with Gasteiger partial charge in [0, 0.05) is 22.6 Å². The standard InChI is InChI=1S/C42H34O8/c1-46-32-16-9-27(10-17-32)11-22-37(43)49-35-7-3-5-28-23-25-42(38(28)35)26-24-29-6-4-8-36(39(29)42)50-41(45)31-14-20-34(21-15-31)48-40(44)30-12-18-33(47-2)19-13-30/h3-22H,23-26H2,1-2H3/b22-11+/t42-/m1/s1. The van der Waals surface area contributed by atoms with E-state index in [9.17, 15) is 14.4 Å². The minimum Gasteiger partial charge on any atom is -0.497 e. The fourth-order valence-electron chi connectivity index (χ4n) is 7.00. The fourth-order valence-corrected chi connectivity index (χ4v) is 7.00. The number of hydrogen-bond donors (Lipinski definition) is 0. The molecule has 0 bridgehead atoms. The van der Waals surface area contributed by atoms with Crippen molar-refractivity contribution in [3.05, 3.63) is 154 Å². The number of aryl methyl sites for hydroxylation is 2. The number of benzene rings is 5. The molecule has 1 atom stereocenters. The Hall–Kier alpha value is -6.15. The van der Waals surface area contributed by atoms with Crippen LogP contribution in [-0.2, 0) is 23.1 Å². The molecule has 0 fully saturated rings. The lowest BCUT2D eigenvalue weighted by Gasteiger charge is -2.29. The summed E-state index contributed by atoms with van der Waals surface area (Å²) in [5.74, 6) is 1.12. The van der Waals surface area contributed by atoms with Crippen LogP contribution >= 0.6 is 0 Å². The normalized spacial score (nSPS) is 15.7. The van der Waals surface area contributed by atoms with Gasteiger partial charge in [-0.05, 0) is 121 Å². The topological polar surface area (TPSA) is 97.4 Å². The molecule has 0 amide bonds. The highest BCUT2D eigenvalue weighted by molar-refractivity contribution is 5.93. The third kappa shape index (κ3) is 6.35. The zero-order valence-electron chi connectivity index (χ0n) is 27.6. The second-order valence-electron chi connectivity index (χ2n) is 12.2. The summed E-state index contributed by atoms with van der Waals surface area (Å²) in [6.45, 7) is 0. The van der Waals surface area contributed by atoms with E-state index >= 15 is 0 Å². The molecule has 0 heterocycles. The van der Waals surface area contributed by atoms with Crippen molar-refractivity contribution in [2.45, 2.75) is 31.1 Å². The maximum absolute atomic E-state index is 13.5. The number of methoxy groups -OCH3 is 2. The van der Waals surface area contributed by atoms with Crippen molar-refractivity contribution in [3.63, 3.8) is 0 Å². The summed E-state index contributed by atoms with van der Waals surface area (Å²) in [6, 6.07) is 31.9. The van der Waals surface area contributed by atoms with Crippen molar-refractivity contribution in [2.75, 3.05) is 14.2 Å². The summed E-state index contributed by atoms with van der Waals surface area (Å²) in [7, 11) is 3.16. The predicted molar refractivity (Wildman–Crippen MR) is 187 cm³/mol. The van der Waals surface area contributed by atoms with E-state index in [1.54, 1.807) is 68.8 Å². The van der Waals surface area contributed by atoms with Crippen molar-refractivity contribution in [3.8, 4) is 28.7 Å². The van der Waals surface area contributed by atoms with Crippen LogP contribution in [0.25, 0.3) is 6.08 Å². The minimum atomic E-state index is -0.532. The maximum atomic E-state index is 13.5. The Kier molecular flexibility index (Phi) is 8.92. The Morgan fingerprint density at radius 2 is 1.04 bits per heavy atom. The quantitative estimate of drug-likeness (QED) is 0.0889. The van der Waals surface area contributed by atoms with Gasteiger partial charge in [0.2, 0.25) is 0 Å². The van der Waals surface area contributed by atoms with Crippen LogP contribution in [0.2, 0.25) is 0 Å². The molecular formula is C42H34O8. The highest BCUT2D eigenvalue weighted by Gasteiger charge is 2.48. The monoisotopic (exact) mass is 666 g/mol. The van der Waals surface area contributed by atoms with Crippen LogP contribution in [0.15, 0.2) is 115 Å². The Balaban J connectivity index is 1.10. The van der Waals surface area contributed by atoms with Gasteiger partial charge in [-0.25, -0.2) is 14.4 Å². The Labute approximate surface area is 289 Å². The third-order valence-electron chi connectivity index (χ3n) is 9.39. The van der Waals surface area contributed by atoms with Gasteiger partial charge in [0.1, 0.15) is 28.7 Å². The summed E-state index contributed by atoms with van der Waals surface area (Å²) in [6.07, 6.45) is 6.34. The van der Waals surface area contributed by atoms with Crippen LogP contribution in [0.3, 0.4) is 0 Å². The van der Waals surface area contributed by atoms with Gasteiger partial charge in [-0.15, -0.1) is 0 Å². The number of ether oxygens (including phenoxy) is 5.